The van der Waals surface area contributed by atoms with Crippen LogP contribution in [0.2, 0.25) is 0 Å². The van der Waals surface area contributed by atoms with Crippen molar-refractivity contribution in [2.24, 2.45) is 0 Å². The van der Waals surface area contributed by atoms with Gasteiger partial charge >= 0.3 is 15.2 Å². The van der Waals surface area contributed by atoms with Gasteiger partial charge in [-0.2, -0.15) is 0 Å². The molecular weight excluding hydrogens is 394 g/mol. The molecule has 0 saturated carbocycles. The molecular formula is C17H38O8P2. The van der Waals surface area contributed by atoms with Gasteiger partial charge < -0.3 is 27.6 Å². The molecule has 164 valence electrons. The van der Waals surface area contributed by atoms with Crippen molar-refractivity contribution in [1.29, 1.82) is 0 Å². The quantitative estimate of drug-likeness (QED) is 0.395. The second kappa shape index (κ2) is 10.3. The van der Waals surface area contributed by atoms with Crippen LogP contribution < -0.4 is 0 Å². The first kappa shape index (κ1) is 27.2. The molecule has 8 nitrogen and oxygen atoms in total. The molecule has 0 N–H and O–H groups in total. The first-order chi connectivity index (χ1) is 12.2. The third-order valence-electron chi connectivity index (χ3n) is 4.06. The number of hydrogen-bond acceptors (Lipinski definition) is 8. The molecule has 0 fully saturated rings. The highest BCUT2D eigenvalue weighted by molar-refractivity contribution is 7.74. The molecule has 0 bridgehead atoms. The van der Waals surface area contributed by atoms with E-state index in [1.807, 2.05) is 41.5 Å². The highest BCUT2D eigenvalue weighted by Crippen LogP contribution is 2.79. The third kappa shape index (κ3) is 7.20. The summed E-state index contributed by atoms with van der Waals surface area (Å²) in [6, 6.07) is 0. The fourth-order valence-corrected chi connectivity index (χ4v) is 7.99. The maximum Gasteiger partial charge on any atom is 0.348 e. The topological polar surface area (TPSA) is 89.5 Å². The normalized spacial score (nSPS) is 14.6. The lowest BCUT2D eigenvalue weighted by Gasteiger charge is -2.41. The van der Waals surface area contributed by atoms with E-state index in [2.05, 4.69) is 0 Å². The van der Waals surface area contributed by atoms with Gasteiger partial charge in [0, 0.05) is 41.7 Å². The summed E-state index contributed by atoms with van der Waals surface area (Å²) in [6.45, 7) is 11.7. The van der Waals surface area contributed by atoms with E-state index in [4.69, 9.17) is 27.6 Å². The van der Waals surface area contributed by atoms with Crippen LogP contribution >= 0.6 is 15.2 Å². The summed E-state index contributed by atoms with van der Waals surface area (Å²) in [5.74, 6) is 0. The standard InChI is InChI=1S/C17H38O8P2/c1-15(2,3)24-13-11-17(26(18,20-7)21-8,27(19,22-9)23-10)12-14-25-16(4,5)6/h11-14H2,1-10H3. The Morgan fingerprint density at radius 2 is 0.852 bits per heavy atom. The molecule has 0 aliphatic rings. The molecule has 0 heterocycles. The molecule has 27 heavy (non-hydrogen) atoms. The molecule has 0 aromatic heterocycles. The van der Waals surface area contributed by atoms with Gasteiger partial charge in [-0.05, 0) is 54.4 Å². The smallest absolute Gasteiger partial charge is 0.348 e. The summed E-state index contributed by atoms with van der Waals surface area (Å²) in [6.07, 6.45) is 0.158. The monoisotopic (exact) mass is 432 g/mol. The summed E-state index contributed by atoms with van der Waals surface area (Å²) in [5, 5.41) is 0. The van der Waals surface area contributed by atoms with Gasteiger partial charge in [-0.25, -0.2) is 0 Å². The molecule has 0 spiro atoms. The number of ether oxygens (including phenoxy) is 2. The average molecular weight is 432 g/mol. The van der Waals surface area contributed by atoms with E-state index in [0.717, 1.165) is 0 Å². The summed E-state index contributed by atoms with van der Waals surface area (Å²) in [5.41, 5.74) is -0.857. The maximum absolute atomic E-state index is 13.6. The largest absolute Gasteiger partial charge is 0.376 e. The summed E-state index contributed by atoms with van der Waals surface area (Å²) in [7, 11) is -2.81. The second-order valence-electron chi connectivity index (χ2n) is 8.13. The van der Waals surface area contributed by atoms with Crippen molar-refractivity contribution in [1.82, 2.24) is 0 Å². The minimum Gasteiger partial charge on any atom is -0.376 e. The Morgan fingerprint density at radius 1 is 0.593 bits per heavy atom. The van der Waals surface area contributed by atoms with Crippen LogP contribution in [0.25, 0.3) is 0 Å². The Bertz CT molecular complexity index is 472. The third-order valence-corrected chi connectivity index (χ3v) is 10.4. The molecule has 0 saturated heterocycles. The van der Waals surface area contributed by atoms with E-state index < -0.39 is 31.3 Å². The van der Waals surface area contributed by atoms with Gasteiger partial charge in [0.1, 0.15) is 0 Å². The average Bonchev–Trinajstić information content (AvgIpc) is 2.56. The van der Waals surface area contributed by atoms with Crippen LogP contribution in [0.3, 0.4) is 0 Å². The molecule has 0 radical (unpaired) electrons. The molecule has 0 unspecified atom stereocenters. The van der Waals surface area contributed by atoms with E-state index in [1.54, 1.807) is 0 Å². The fourth-order valence-electron chi connectivity index (χ4n) is 2.69. The van der Waals surface area contributed by atoms with Gasteiger partial charge in [0.05, 0.1) is 11.2 Å². The van der Waals surface area contributed by atoms with Crippen LogP contribution in [0, 0.1) is 0 Å². The Balaban J connectivity index is 6.13. The summed E-state index contributed by atoms with van der Waals surface area (Å²) >= 11 is 0. The van der Waals surface area contributed by atoms with Gasteiger partial charge in [-0.15, -0.1) is 0 Å². The Labute approximate surface area is 164 Å². The Hall–Kier alpha value is 0.220. The van der Waals surface area contributed by atoms with Crippen LogP contribution in [0.5, 0.6) is 0 Å². The molecule has 0 rings (SSSR count). The number of hydrogen-bond donors (Lipinski definition) is 0. The molecule has 0 aromatic carbocycles. The van der Waals surface area contributed by atoms with Crippen molar-refractivity contribution in [3.05, 3.63) is 0 Å². The lowest BCUT2D eigenvalue weighted by atomic mass is 10.1. The summed E-state index contributed by atoms with van der Waals surface area (Å²) in [4.78, 5) is -1.58. The zero-order valence-electron chi connectivity index (χ0n) is 18.5. The first-order valence-corrected chi connectivity index (χ1v) is 12.0. The van der Waals surface area contributed by atoms with Crippen LogP contribution in [-0.2, 0) is 36.7 Å². The highest BCUT2D eigenvalue weighted by atomic mass is 31.2. The summed E-state index contributed by atoms with van der Waals surface area (Å²) < 4.78 is 59.7. The molecule has 0 aliphatic heterocycles. The van der Waals surface area contributed by atoms with Crippen molar-refractivity contribution in [2.75, 3.05) is 41.7 Å². The van der Waals surface area contributed by atoms with Gasteiger partial charge in [0.15, 0.2) is 4.90 Å². The van der Waals surface area contributed by atoms with Gasteiger partial charge in [-0.1, -0.05) is 0 Å². The molecule has 0 aromatic rings. The Kier molecular flexibility index (Phi) is 10.4. The van der Waals surface area contributed by atoms with Gasteiger partial charge in [0.25, 0.3) is 0 Å². The predicted molar refractivity (Wildman–Crippen MR) is 107 cm³/mol. The van der Waals surface area contributed by atoms with Crippen molar-refractivity contribution in [3.8, 4) is 0 Å². The fraction of sp³-hybridized carbons (Fsp3) is 1.00. The SMILES string of the molecule is COP(=O)(OC)C(CCOC(C)(C)C)(CCOC(C)(C)C)P(=O)(OC)OC. The van der Waals surface area contributed by atoms with Crippen LogP contribution in [-0.4, -0.2) is 57.8 Å². The lowest BCUT2D eigenvalue weighted by molar-refractivity contribution is -0.0187. The van der Waals surface area contributed by atoms with E-state index in [0.29, 0.717) is 0 Å². The van der Waals surface area contributed by atoms with E-state index in [1.165, 1.54) is 28.4 Å². The van der Waals surface area contributed by atoms with Gasteiger partial charge in [0.2, 0.25) is 0 Å². The lowest BCUT2D eigenvalue weighted by Crippen LogP contribution is -2.37. The van der Waals surface area contributed by atoms with Crippen molar-refractivity contribution in [2.45, 2.75) is 70.5 Å². The van der Waals surface area contributed by atoms with Crippen LogP contribution in [0.15, 0.2) is 0 Å². The zero-order valence-corrected chi connectivity index (χ0v) is 20.3. The molecule has 0 aliphatic carbocycles. The van der Waals surface area contributed by atoms with Crippen LogP contribution in [0.4, 0.5) is 0 Å². The van der Waals surface area contributed by atoms with Crippen molar-refractivity contribution in [3.63, 3.8) is 0 Å². The van der Waals surface area contributed by atoms with Crippen molar-refractivity contribution >= 4 is 15.2 Å². The molecule has 0 amide bonds. The van der Waals surface area contributed by atoms with Gasteiger partial charge in [-0.3, -0.25) is 9.13 Å². The van der Waals surface area contributed by atoms with Crippen molar-refractivity contribution < 1.29 is 36.7 Å². The van der Waals surface area contributed by atoms with E-state index >= 15 is 0 Å². The predicted octanol–water partition coefficient (Wildman–Crippen LogP) is 5.06. The highest BCUT2D eigenvalue weighted by Gasteiger charge is 2.63. The van der Waals surface area contributed by atoms with E-state index in [-0.39, 0.29) is 26.1 Å². The molecule has 0 atom stereocenters. The molecule has 10 heteroatoms. The first-order valence-electron chi connectivity index (χ1n) is 8.87. The minimum absolute atomic E-state index is 0.0791. The van der Waals surface area contributed by atoms with E-state index in [9.17, 15) is 9.13 Å². The van der Waals surface area contributed by atoms with Crippen LogP contribution in [0.1, 0.15) is 54.4 Å². The Morgan fingerprint density at radius 3 is 1.04 bits per heavy atom. The minimum atomic E-state index is -3.91. The zero-order chi connectivity index (χ0) is 21.6. The number of rotatable bonds is 12. The second-order valence-corrected chi connectivity index (χ2v) is 13.6. The maximum atomic E-state index is 13.6.